The second-order valence-electron chi connectivity index (χ2n) is 4.42. The molecule has 0 aliphatic carbocycles. The molecule has 1 amide bonds. The van der Waals surface area contributed by atoms with Gasteiger partial charge >= 0.3 is 0 Å². The first kappa shape index (κ1) is 13.4. The van der Waals surface area contributed by atoms with Gasteiger partial charge in [0, 0.05) is 17.5 Å². The van der Waals surface area contributed by atoms with Gasteiger partial charge in [0.2, 0.25) is 5.91 Å². The highest BCUT2D eigenvalue weighted by Crippen LogP contribution is 2.36. The molecule has 0 saturated heterocycles. The fraction of sp³-hybridized carbons (Fsp3) is 0.462. The number of benzene rings is 1. The van der Waals surface area contributed by atoms with Gasteiger partial charge in [0.05, 0.1) is 10.9 Å². The van der Waals surface area contributed by atoms with E-state index in [0.29, 0.717) is 0 Å². The maximum atomic E-state index is 11.6. The summed E-state index contributed by atoms with van der Waals surface area (Å²) in [5.74, 6) is 0.0601. The third kappa shape index (κ3) is 2.85. The first-order valence-corrected chi connectivity index (χ1v) is 7.07. The number of nitrogens with one attached hydrogen (secondary N) is 2. The number of anilines is 1. The zero-order valence-corrected chi connectivity index (χ0v) is 11.5. The van der Waals surface area contributed by atoms with Gasteiger partial charge < -0.3 is 16.4 Å². The number of amides is 1. The van der Waals surface area contributed by atoms with Crippen LogP contribution in [0.5, 0.6) is 0 Å². The van der Waals surface area contributed by atoms with Crippen LogP contribution in [0.2, 0.25) is 0 Å². The first-order chi connectivity index (χ1) is 8.61. The van der Waals surface area contributed by atoms with E-state index in [-0.39, 0.29) is 17.2 Å². The average molecular weight is 265 g/mol. The Morgan fingerprint density at radius 1 is 1.56 bits per heavy atom. The quantitative estimate of drug-likeness (QED) is 0.775. The molecule has 0 saturated carbocycles. The summed E-state index contributed by atoms with van der Waals surface area (Å²) in [6.45, 7) is 5.61. The molecule has 98 valence electrons. The van der Waals surface area contributed by atoms with Crippen molar-refractivity contribution in [2.75, 3.05) is 18.4 Å². The van der Waals surface area contributed by atoms with Crippen LogP contribution in [0.4, 0.5) is 5.69 Å². The van der Waals surface area contributed by atoms with E-state index in [1.165, 1.54) is 0 Å². The Bertz CT molecular complexity index is 450. The maximum Gasteiger partial charge on any atom is 0.237 e. The average Bonchev–Trinajstić information content (AvgIpc) is 2.36. The Kier molecular flexibility index (Phi) is 4.27. The van der Waals surface area contributed by atoms with Gasteiger partial charge in [0.25, 0.3) is 0 Å². The summed E-state index contributed by atoms with van der Waals surface area (Å²) >= 11 is 1.59. The van der Waals surface area contributed by atoms with Crippen LogP contribution in [0, 0.1) is 0 Å². The number of fused-ring (bicyclic) bond motifs is 1. The van der Waals surface area contributed by atoms with Crippen LogP contribution in [-0.4, -0.2) is 24.2 Å². The van der Waals surface area contributed by atoms with Gasteiger partial charge in [0.15, 0.2) is 0 Å². The second kappa shape index (κ2) is 5.73. The number of thioether (sulfide) groups is 1. The largest absolute Gasteiger partial charge is 0.324 e. The topological polar surface area (TPSA) is 67.2 Å². The van der Waals surface area contributed by atoms with Gasteiger partial charge in [-0.2, -0.15) is 0 Å². The highest BCUT2D eigenvalue weighted by Gasteiger charge is 2.23. The summed E-state index contributed by atoms with van der Waals surface area (Å²) in [4.78, 5) is 12.7. The van der Waals surface area contributed by atoms with Crippen molar-refractivity contribution in [3.8, 4) is 0 Å². The van der Waals surface area contributed by atoms with Crippen LogP contribution in [0.1, 0.15) is 25.5 Å². The number of hydrogen-bond donors (Lipinski definition) is 3. The molecular formula is C13H19N3OS. The van der Waals surface area contributed by atoms with E-state index in [9.17, 15) is 4.79 Å². The van der Waals surface area contributed by atoms with E-state index in [2.05, 4.69) is 17.6 Å². The van der Waals surface area contributed by atoms with E-state index in [1.54, 1.807) is 11.8 Å². The van der Waals surface area contributed by atoms with Crippen molar-refractivity contribution in [3.05, 3.63) is 23.8 Å². The summed E-state index contributed by atoms with van der Waals surface area (Å²) in [5.41, 5.74) is 8.02. The Labute approximate surface area is 112 Å². The first-order valence-electron chi connectivity index (χ1n) is 6.19. The molecule has 0 fully saturated rings. The van der Waals surface area contributed by atoms with Crippen molar-refractivity contribution >= 4 is 23.4 Å². The number of hydrogen-bond acceptors (Lipinski definition) is 4. The van der Waals surface area contributed by atoms with Crippen molar-refractivity contribution in [2.24, 2.45) is 5.73 Å². The molecular weight excluding hydrogens is 246 g/mol. The van der Waals surface area contributed by atoms with Crippen molar-refractivity contribution in [3.63, 3.8) is 0 Å². The van der Waals surface area contributed by atoms with E-state index in [1.807, 2.05) is 25.1 Å². The van der Waals surface area contributed by atoms with Crippen LogP contribution in [0.3, 0.4) is 0 Å². The third-order valence-electron chi connectivity index (χ3n) is 2.98. The van der Waals surface area contributed by atoms with Gasteiger partial charge in [-0.3, -0.25) is 4.79 Å². The van der Waals surface area contributed by atoms with Gasteiger partial charge in [-0.25, -0.2) is 0 Å². The highest BCUT2D eigenvalue weighted by molar-refractivity contribution is 8.00. The third-order valence-corrected chi connectivity index (χ3v) is 4.15. The Morgan fingerprint density at radius 3 is 3.06 bits per heavy atom. The molecule has 0 bridgehead atoms. The van der Waals surface area contributed by atoms with Crippen molar-refractivity contribution < 1.29 is 4.79 Å². The van der Waals surface area contributed by atoms with Gasteiger partial charge in [-0.15, -0.1) is 11.8 Å². The molecule has 0 aromatic heterocycles. The lowest BCUT2D eigenvalue weighted by atomic mass is 10.1. The van der Waals surface area contributed by atoms with Crippen LogP contribution in [0.25, 0.3) is 0 Å². The molecule has 1 heterocycles. The molecule has 5 heteroatoms. The van der Waals surface area contributed by atoms with E-state index in [4.69, 9.17) is 5.73 Å². The minimum atomic E-state index is -0.0449. The minimum Gasteiger partial charge on any atom is -0.324 e. The SMILES string of the molecule is CCNCC(N)c1ccc2c(c1)NC(=O)C(C)S2. The smallest absolute Gasteiger partial charge is 0.237 e. The van der Waals surface area contributed by atoms with Crippen molar-refractivity contribution in [1.82, 2.24) is 5.32 Å². The fourth-order valence-corrected chi connectivity index (χ4v) is 2.81. The summed E-state index contributed by atoms with van der Waals surface area (Å²) in [6, 6.07) is 6.01. The number of rotatable bonds is 4. The molecule has 2 atom stereocenters. The number of nitrogens with two attached hydrogens (primary N) is 1. The number of carbonyl (C=O) groups excluding carboxylic acids is 1. The molecule has 1 aromatic carbocycles. The Balaban J connectivity index is 2.17. The van der Waals surface area contributed by atoms with Gasteiger partial charge in [0.1, 0.15) is 0 Å². The van der Waals surface area contributed by atoms with E-state index >= 15 is 0 Å². The molecule has 1 aliphatic heterocycles. The van der Waals surface area contributed by atoms with E-state index in [0.717, 1.165) is 29.2 Å². The lowest BCUT2D eigenvalue weighted by molar-refractivity contribution is -0.115. The van der Waals surface area contributed by atoms with Crippen molar-refractivity contribution in [2.45, 2.75) is 30.0 Å². The molecule has 4 nitrogen and oxygen atoms in total. The fourth-order valence-electron chi connectivity index (χ4n) is 1.87. The lowest BCUT2D eigenvalue weighted by Gasteiger charge is -2.23. The molecule has 1 aliphatic rings. The summed E-state index contributed by atoms with van der Waals surface area (Å²) in [6.07, 6.45) is 0. The second-order valence-corrected chi connectivity index (χ2v) is 5.80. The number of likely N-dealkylation sites (N-methyl/N-ethyl adjacent to an activating group) is 1. The molecule has 0 radical (unpaired) electrons. The number of carbonyl (C=O) groups is 1. The van der Waals surface area contributed by atoms with E-state index < -0.39 is 0 Å². The molecule has 0 spiro atoms. The van der Waals surface area contributed by atoms with Crippen LogP contribution >= 0.6 is 11.8 Å². The predicted molar refractivity (Wildman–Crippen MR) is 75.9 cm³/mol. The zero-order chi connectivity index (χ0) is 13.1. The summed E-state index contributed by atoms with van der Waals surface area (Å²) in [5, 5.41) is 6.12. The maximum absolute atomic E-state index is 11.6. The zero-order valence-electron chi connectivity index (χ0n) is 10.7. The van der Waals surface area contributed by atoms with Crippen LogP contribution in [-0.2, 0) is 4.79 Å². The normalized spacial score (nSPS) is 20.2. The van der Waals surface area contributed by atoms with Crippen molar-refractivity contribution in [1.29, 1.82) is 0 Å². The monoisotopic (exact) mass is 265 g/mol. The molecule has 1 aromatic rings. The van der Waals surface area contributed by atoms with Gasteiger partial charge in [-0.1, -0.05) is 13.0 Å². The van der Waals surface area contributed by atoms with Gasteiger partial charge in [-0.05, 0) is 31.2 Å². The van der Waals surface area contributed by atoms with Crippen LogP contribution in [0.15, 0.2) is 23.1 Å². The highest BCUT2D eigenvalue weighted by atomic mass is 32.2. The standard InChI is InChI=1S/C13H19N3OS/c1-3-15-7-10(14)9-4-5-12-11(6-9)16-13(17)8(2)18-12/h4-6,8,10,15H,3,7,14H2,1-2H3,(H,16,17). The Morgan fingerprint density at radius 2 is 2.33 bits per heavy atom. The summed E-state index contributed by atoms with van der Waals surface area (Å²) in [7, 11) is 0. The molecule has 2 unspecified atom stereocenters. The summed E-state index contributed by atoms with van der Waals surface area (Å²) < 4.78 is 0. The molecule has 4 N–H and O–H groups in total. The predicted octanol–water partition coefficient (Wildman–Crippen LogP) is 1.73. The molecule has 2 rings (SSSR count). The Hall–Kier alpha value is -1.04. The minimum absolute atomic E-state index is 0.0289. The lowest BCUT2D eigenvalue weighted by Crippen LogP contribution is -2.28. The van der Waals surface area contributed by atoms with Crippen LogP contribution < -0.4 is 16.4 Å². The molecule has 18 heavy (non-hydrogen) atoms.